The van der Waals surface area contributed by atoms with Crippen molar-refractivity contribution in [3.63, 3.8) is 0 Å². The Hall–Kier alpha value is -4.04. The van der Waals surface area contributed by atoms with E-state index in [2.05, 4.69) is 15.6 Å². The molecule has 3 aromatic carbocycles. The second-order valence-corrected chi connectivity index (χ2v) is 8.85. The van der Waals surface area contributed by atoms with Crippen LogP contribution in [0.2, 0.25) is 0 Å². The average Bonchev–Trinajstić information content (AvgIpc) is 3.25. The number of carbonyl (C=O) groups excluding carboxylic acids is 2. The van der Waals surface area contributed by atoms with E-state index in [4.69, 9.17) is 5.73 Å². The van der Waals surface area contributed by atoms with Crippen molar-refractivity contribution in [3.05, 3.63) is 99.7 Å². The topological polar surface area (TPSA) is 97.1 Å². The van der Waals surface area contributed by atoms with Gasteiger partial charge in [0.05, 0.1) is 5.69 Å². The van der Waals surface area contributed by atoms with Crippen LogP contribution in [0.3, 0.4) is 0 Å². The summed E-state index contributed by atoms with van der Waals surface area (Å²) in [6.45, 7) is 3.92. The van der Waals surface area contributed by atoms with Crippen LogP contribution >= 0.6 is 11.3 Å². The number of aryl methyl sites for hydroxylation is 2. The van der Waals surface area contributed by atoms with Crippen LogP contribution in [0.1, 0.15) is 36.7 Å². The lowest BCUT2D eigenvalue weighted by Gasteiger charge is -2.08. The first kappa shape index (κ1) is 23.1. The molecular formula is C26H23FN4O2S. The Kier molecular flexibility index (Phi) is 6.70. The molecule has 0 aliphatic heterocycles. The van der Waals surface area contributed by atoms with E-state index >= 15 is 0 Å². The molecule has 0 aliphatic carbocycles. The summed E-state index contributed by atoms with van der Waals surface area (Å²) >= 11 is 1.18. The van der Waals surface area contributed by atoms with E-state index < -0.39 is 5.91 Å². The van der Waals surface area contributed by atoms with Crippen LogP contribution in [-0.2, 0) is 6.54 Å². The summed E-state index contributed by atoms with van der Waals surface area (Å²) in [5, 5.41) is 6.60. The molecule has 1 heterocycles. The number of hydrogen-bond donors (Lipinski definition) is 3. The van der Waals surface area contributed by atoms with Crippen molar-refractivity contribution in [1.29, 1.82) is 0 Å². The normalized spacial score (nSPS) is 10.7. The molecule has 0 saturated heterocycles. The molecule has 8 heteroatoms. The third-order valence-electron chi connectivity index (χ3n) is 5.32. The summed E-state index contributed by atoms with van der Waals surface area (Å²) in [5.74, 6) is -1.15. The first-order chi connectivity index (χ1) is 16.3. The van der Waals surface area contributed by atoms with Crippen molar-refractivity contribution in [3.8, 4) is 11.3 Å². The highest BCUT2D eigenvalue weighted by Gasteiger charge is 2.21. The monoisotopic (exact) mass is 474 g/mol. The van der Waals surface area contributed by atoms with Gasteiger partial charge in [-0.2, -0.15) is 0 Å². The number of anilines is 2. The van der Waals surface area contributed by atoms with Crippen LogP contribution in [0, 0.1) is 19.7 Å². The number of thiazole rings is 1. The lowest BCUT2D eigenvalue weighted by molar-refractivity contribution is 0.0954. The Labute approximate surface area is 200 Å². The Bertz CT molecular complexity index is 1370. The van der Waals surface area contributed by atoms with Crippen molar-refractivity contribution in [2.45, 2.75) is 20.4 Å². The molecule has 2 amide bonds. The molecule has 4 N–H and O–H groups in total. The number of nitrogens with two attached hydrogens (primary N) is 1. The maximum Gasteiger partial charge on any atom is 0.264 e. The van der Waals surface area contributed by atoms with Crippen molar-refractivity contribution in [2.24, 2.45) is 5.73 Å². The number of hydrogen-bond acceptors (Lipinski definition) is 5. The molecule has 0 bridgehead atoms. The third-order valence-corrected chi connectivity index (χ3v) is 6.29. The van der Waals surface area contributed by atoms with E-state index in [0.29, 0.717) is 44.6 Å². The second kappa shape index (κ2) is 9.84. The maximum atomic E-state index is 13.9. The Morgan fingerprint density at radius 1 is 1.00 bits per heavy atom. The van der Waals surface area contributed by atoms with Crippen molar-refractivity contribution < 1.29 is 14.0 Å². The van der Waals surface area contributed by atoms with Crippen LogP contribution in [0.25, 0.3) is 11.3 Å². The van der Waals surface area contributed by atoms with Crippen LogP contribution in [-0.4, -0.2) is 16.8 Å². The number of nitrogens with one attached hydrogen (secondary N) is 2. The van der Waals surface area contributed by atoms with Gasteiger partial charge in [-0.3, -0.25) is 9.59 Å². The summed E-state index contributed by atoms with van der Waals surface area (Å²) in [6.07, 6.45) is 0. The van der Waals surface area contributed by atoms with E-state index in [-0.39, 0.29) is 11.7 Å². The van der Waals surface area contributed by atoms with Gasteiger partial charge >= 0.3 is 0 Å². The van der Waals surface area contributed by atoms with E-state index in [9.17, 15) is 14.0 Å². The predicted molar refractivity (Wildman–Crippen MR) is 133 cm³/mol. The van der Waals surface area contributed by atoms with Gasteiger partial charge in [0.1, 0.15) is 10.7 Å². The number of nitrogens with zero attached hydrogens (tertiary/aromatic N) is 1. The summed E-state index contributed by atoms with van der Waals surface area (Å²) < 4.78 is 13.9. The van der Waals surface area contributed by atoms with Gasteiger partial charge in [0, 0.05) is 23.4 Å². The number of rotatable bonds is 7. The maximum absolute atomic E-state index is 13.9. The van der Waals surface area contributed by atoms with Crippen molar-refractivity contribution in [1.82, 2.24) is 10.3 Å². The SMILES string of the molecule is Cc1cc(-c2nc(Nc3cc(C(N)=O)ccc3C)sc2C(=O)NCc2ccccc2)ccc1F. The van der Waals surface area contributed by atoms with Gasteiger partial charge < -0.3 is 16.4 Å². The minimum absolute atomic E-state index is 0.283. The van der Waals surface area contributed by atoms with Crippen LogP contribution < -0.4 is 16.4 Å². The summed E-state index contributed by atoms with van der Waals surface area (Å²) in [7, 11) is 0. The minimum atomic E-state index is -0.536. The number of benzene rings is 3. The first-order valence-electron chi connectivity index (χ1n) is 10.6. The average molecular weight is 475 g/mol. The molecular weight excluding hydrogens is 451 g/mol. The quantitative estimate of drug-likeness (QED) is 0.337. The summed E-state index contributed by atoms with van der Waals surface area (Å²) in [6, 6.07) is 19.3. The highest BCUT2D eigenvalue weighted by atomic mass is 32.1. The molecule has 34 heavy (non-hydrogen) atoms. The molecule has 0 spiro atoms. The number of aromatic nitrogens is 1. The standard InChI is InChI=1S/C26H23FN4O2S/c1-15-8-9-19(24(28)32)13-21(15)30-26-31-22(18-10-11-20(27)16(2)12-18)23(34-26)25(33)29-14-17-6-4-3-5-7-17/h3-13H,14H2,1-2H3,(H2,28,32)(H,29,33)(H,30,31). The van der Waals surface area contributed by atoms with Gasteiger partial charge in [0.25, 0.3) is 5.91 Å². The molecule has 6 nitrogen and oxygen atoms in total. The van der Waals surface area contributed by atoms with Gasteiger partial charge in [-0.15, -0.1) is 0 Å². The van der Waals surface area contributed by atoms with Crippen molar-refractivity contribution >= 4 is 34.0 Å². The van der Waals surface area contributed by atoms with Gasteiger partial charge in [-0.25, -0.2) is 9.37 Å². The molecule has 4 aromatic rings. The zero-order chi connectivity index (χ0) is 24.2. The Balaban J connectivity index is 1.69. The molecule has 0 radical (unpaired) electrons. The molecule has 0 atom stereocenters. The molecule has 0 fully saturated rings. The number of carbonyl (C=O) groups is 2. The molecule has 0 saturated carbocycles. The van der Waals surface area contributed by atoms with Crippen LogP contribution in [0.4, 0.5) is 15.2 Å². The highest BCUT2D eigenvalue weighted by molar-refractivity contribution is 7.18. The molecule has 0 aliphatic rings. The third kappa shape index (κ3) is 5.13. The van der Waals surface area contributed by atoms with Gasteiger partial charge in [0.2, 0.25) is 5.91 Å². The lowest BCUT2D eigenvalue weighted by Crippen LogP contribution is -2.22. The van der Waals surface area contributed by atoms with Gasteiger partial charge in [-0.05, 0) is 60.9 Å². The van der Waals surface area contributed by atoms with Gasteiger partial charge in [0.15, 0.2) is 5.13 Å². The molecule has 1 aromatic heterocycles. The fourth-order valence-electron chi connectivity index (χ4n) is 3.40. The molecule has 0 unspecified atom stereocenters. The van der Waals surface area contributed by atoms with E-state index in [1.165, 1.54) is 17.4 Å². The number of primary amides is 1. The number of amides is 2. The summed E-state index contributed by atoms with van der Waals surface area (Å²) in [5.41, 5.74) is 9.83. The zero-order valence-electron chi connectivity index (χ0n) is 18.7. The molecule has 4 rings (SSSR count). The Morgan fingerprint density at radius 2 is 1.76 bits per heavy atom. The first-order valence-corrected chi connectivity index (χ1v) is 11.4. The van der Waals surface area contributed by atoms with Gasteiger partial charge in [-0.1, -0.05) is 47.7 Å². The largest absolute Gasteiger partial charge is 0.366 e. The van der Waals surface area contributed by atoms with Crippen LogP contribution in [0.15, 0.2) is 66.7 Å². The van der Waals surface area contributed by atoms with Crippen LogP contribution in [0.5, 0.6) is 0 Å². The summed E-state index contributed by atoms with van der Waals surface area (Å²) in [4.78, 5) is 29.8. The smallest absolute Gasteiger partial charge is 0.264 e. The minimum Gasteiger partial charge on any atom is -0.366 e. The highest BCUT2D eigenvalue weighted by Crippen LogP contribution is 2.34. The fourth-order valence-corrected chi connectivity index (χ4v) is 4.32. The zero-order valence-corrected chi connectivity index (χ0v) is 19.5. The second-order valence-electron chi connectivity index (χ2n) is 7.85. The predicted octanol–water partition coefficient (Wildman–Crippen LogP) is 5.34. The lowest BCUT2D eigenvalue weighted by atomic mass is 10.1. The molecule has 172 valence electrons. The van der Waals surface area contributed by atoms with E-state index in [0.717, 1.165) is 11.1 Å². The number of halogens is 1. The van der Waals surface area contributed by atoms with Crippen molar-refractivity contribution in [2.75, 3.05) is 5.32 Å². The fraction of sp³-hybridized carbons (Fsp3) is 0.115. The van der Waals surface area contributed by atoms with E-state index in [1.807, 2.05) is 37.3 Å². The van der Waals surface area contributed by atoms with E-state index in [1.54, 1.807) is 37.3 Å². The Morgan fingerprint density at radius 3 is 2.47 bits per heavy atom.